The van der Waals surface area contributed by atoms with E-state index in [2.05, 4.69) is 15.0 Å². The van der Waals surface area contributed by atoms with Gasteiger partial charge >= 0.3 is 0 Å². The van der Waals surface area contributed by atoms with Crippen LogP contribution in [0.15, 0.2) is 65.7 Å². The third kappa shape index (κ3) is 5.69. The van der Waals surface area contributed by atoms with Crippen molar-refractivity contribution in [1.29, 1.82) is 0 Å². The molecule has 1 heterocycles. The molecule has 0 bridgehead atoms. The van der Waals surface area contributed by atoms with Crippen molar-refractivity contribution in [2.45, 2.75) is 18.2 Å². The number of sulfonamides is 1. The van der Waals surface area contributed by atoms with Crippen LogP contribution in [-0.2, 0) is 21.2 Å². The highest BCUT2D eigenvalue weighted by Crippen LogP contribution is 2.26. The number of carbonyl (C=O) groups excluding carboxylic acids is 1. The van der Waals surface area contributed by atoms with Crippen LogP contribution in [0.4, 0.5) is 11.5 Å². The van der Waals surface area contributed by atoms with E-state index in [1.807, 2.05) is 13.0 Å². The predicted molar refractivity (Wildman–Crippen MR) is 115 cm³/mol. The number of amides is 1. The van der Waals surface area contributed by atoms with E-state index in [1.165, 1.54) is 18.2 Å². The molecule has 150 valence electrons. The Bertz CT molecular complexity index is 1150. The molecule has 0 aliphatic heterocycles. The summed E-state index contributed by atoms with van der Waals surface area (Å²) in [4.78, 5) is 16.3. The van der Waals surface area contributed by atoms with Gasteiger partial charge in [0, 0.05) is 11.9 Å². The molecule has 3 rings (SSSR count). The second-order valence-corrected chi connectivity index (χ2v) is 8.82. The van der Waals surface area contributed by atoms with Gasteiger partial charge in [0.25, 0.3) is 10.0 Å². The highest BCUT2D eigenvalue weighted by atomic mass is 35.5. The van der Waals surface area contributed by atoms with Crippen molar-refractivity contribution in [2.75, 3.05) is 10.0 Å². The monoisotopic (exact) mass is 449 g/mol. The third-order valence-electron chi connectivity index (χ3n) is 3.96. The van der Waals surface area contributed by atoms with E-state index >= 15 is 0 Å². The molecule has 0 fully saturated rings. The quantitative estimate of drug-likeness (QED) is 0.571. The van der Waals surface area contributed by atoms with Gasteiger partial charge in [-0.2, -0.15) is 0 Å². The second-order valence-electron chi connectivity index (χ2n) is 6.32. The number of hydrogen-bond donors (Lipinski definition) is 2. The number of aromatic nitrogens is 1. The molecule has 0 spiro atoms. The minimum Gasteiger partial charge on any atom is -0.310 e. The van der Waals surface area contributed by atoms with Crippen LogP contribution in [0.25, 0.3) is 0 Å². The Morgan fingerprint density at radius 2 is 1.72 bits per heavy atom. The molecule has 0 saturated heterocycles. The maximum absolute atomic E-state index is 12.5. The number of rotatable bonds is 6. The first-order chi connectivity index (χ1) is 13.7. The SMILES string of the molecule is Cc1ccnc(NC(=O)Cc2ccc(NS(=O)(=O)c3ccc(Cl)c(Cl)c3)cc2)c1. The lowest BCUT2D eigenvalue weighted by molar-refractivity contribution is -0.115. The molecule has 2 N–H and O–H groups in total. The number of aryl methyl sites for hydroxylation is 1. The molecule has 0 atom stereocenters. The Hall–Kier alpha value is -2.61. The van der Waals surface area contributed by atoms with Gasteiger partial charge in [0.15, 0.2) is 0 Å². The van der Waals surface area contributed by atoms with Crippen LogP contribution in [0, 0.1) is 6.92 Å². The first-order valence-electron chi connectivity index (χ1n) is 8.52. The van der Waals surface area contributed by atoms with Crippen LogP contribution >= 0.6 is 23.2 Å². The minimum atomic E-state index is -3.81. The molecule has 0 aliphatic carbocycles. The Balaban J connectivity index is 1.65. The zero-order valence-electron chi connectivity index (χ0n) is 15.3. The molecule has 0 radical (unpaired) electrons. The van der Waals surface area contributed by atoms with E-state index < -0.39 is 10.0 Å². The van der Waals surface area contributed by atoms with Gasteiger partial charge in [-0.25, -0.2) is 13.4 Å². The molecule has 0 aliphatic rings. The Morgan fingerprint density at radius 3 is 2.38 bits per heavy atom. The highest BCUT2D eigenvalue weighted by Gasteiger charge is 2.16. The number of benzene rings is 2. The van der Waals surface area contributed by atoms with Crippen molar-refractivity contribution >= 4 is 50.6 Å². The highest BCUT2D eigenvalue weighted by molar-refractivity contribution is 7.92. The van der Waals surface area contributed by atoms with Crippen molar-refractivity contribution < 1.29 is 13.2 Å². The summed E-state index contributed by atoms with van der Waals surface area (Å²) in [5.41, 5.74) is 2.09. The molecule has 0 unspecified atom stereocenters. The molecule has 29 heavy (non-hydrogen) atoms. The van der Waals surface area contributed by atoms with Crippen molar-refractivity contribution in [1.82, 2.24) is 4.98 Å². The number of nitrogens with zero attached hydrogens (tertiary/aromatic N) is 1. The number of pyridine rings is 1. The van der Waals surface area contributed by atoms with Crippen molar-refractivity contribution in [2.24, 2.45) is 0 Å². The summed E-state index contributed by atoms with van der Waals surface area (Å²) in [6.07, 6.45) is 1.76. The molecule has 2 aromatic carbocycles. The number of carbonyl (C=O) groups is 1. The lowest BCUT2D eigenvalue weighted by Gasteiger charge is -2.10. The molecule has 6 nitrogen and oxygen atoms in total. The summed E-state index contributed by atoms with van der Waals surface area (Å²) in [6, 6.07) is 14.2. The molecule has 1 aromatic heterocycles. The average Bonchev–Trinajstić information content (AvgIpc) is 2.65. The Labute approximate surface area is 178 Å². The lowest BCUT2D eigenvalue weighted by Crippen LogP contribution is -2.15. The van der Waals surface area contributed by atoms with Gasteiger partial charge in [-0.3, -0.25) is 9.52 Å². The van der Waals surface area contributed by atoms with Gasteiger partial charge in [0.05, 0.1) is 21.4 Å². The van der Waals surface area contributed by atoms with Crippen molar-refractivity contribution in [3.05, 3.63) is 82.0 Å². The maximum atomic E-state index is 12.5. The molecule has 3 aromatic rings. The number of hydrogen-bond acceptors (Lipinski definition) is 4. The van der Waals surface area contributed by atoms with E-state index in [0.29, 0.717) is 11.5 Å². The van der Waals surface area contributed by atoms with E-state index in [-0.39, 0.29) is 27.3 Å². The largest absolute Gasteiger partial charge is 0.310 e. The van der Waals surface area contributed by atoms with Crippen LogP contribution in [0.1, 0.15) is 11.1 Å². The minimum absolute atomic E-state index is 0.000934. The summed E-state index contributed by atoms with van der Waals surface area (Å²) < 4.78 is 27.4. The number of anilines is 2. The summed E-state index contributed by atoms with van der Waals surface area (Å²) in [5.74, 6) is 0.272. The van der Waals surface area contributed by atoms with Crippen molar-refractivity contribution in [3.63, 3.8) is 0 Å². The van der Waals surface area contributed by atoms with Gasteiger partial charge in [0.2, 0.25) is 5.91 Å². The van der Waals surface area contributed by atoms with Crippen LogP contribution in [0.2, 0.25) is 10.0 Å². The van der Waals surface area contributed by atoms with Gasteiger partial charge in [-0.05, 0) is 60.5 Å². The second kappa shape index (κ2) is 8.82. The Kier molecular flexibility index (Phi) is 6.42. The van der Waals surface area contributed by atoms with E-state index in [4.69, 9.17) is 23.2 Å². The van der Waals surface area contributed by atoms with Crippen LogP contribution in [0.3, 0.4) is 0 Å². The fourth-order valence-corrected chi connectivity index (χ4v) is 3.97. The van der Waals surface area contributed by atoms with Crippen LogP contribution < -0.4 is 10.0 Å². The standard InChI is InChI=1S/C20H17Cl2N3O3S/c1-13-8-9-23-19(10-13)24-20(26)11-14-2-4-15(5-3-14)25-29(27,28)16-6-7-17(21)18(22)12-16/h2-10,12,25H,11H2,1H3,(H,23,24,26). The summed E-state index contributed by atoms with van der Waals surface area (Å²) in [7, 11) is -3.81. The fourth-order valence-electron chi connectivity index (χ4n) is 2.53. The first-order valence-corrected chi connectivity index (χ1v) is 10.8. The smallest absolute Gasteiger partial charge is 0.261 e. The molecule has 0 saturated carbocycles. The molecule has 9 heteroatoms. The summed E-state index contributed by atoms with van der Waals surface area (Å²) >= 11 is 11.7. The Morgan fingerprint density at radius 1 is 1.00 bits per heavy atom. The molecule has 1 amide bonds. The van der Waals surface area contributed by atoms with Gasteiger partial charge in [-0.1, -0.05) is 35.3 Å². The summed E-state index contributed by atoms with van der Waals surface area (Å²) in [6.45, 7) is 1.91. The van der Waals surface area contributed by atoms with E-state index in [1.54, 1.807) is 36.5 Å². The first kappa shape index (κ1) is 21.1. The van der Waals surface area contributed by atoms with Crippen molar-refractivity contribution in [3.8, 4) is 0 Å². The van der Waals surface area contributed by atoms with E-state index in [0.717, 1.165) is 11.1 Å². The molecular weight excluding hydrogens is 433 g/mol. The zero-order chi connectivity index (χ0) is 21.0. The molecular formula is C20H17Cl2N3O3S. The predicted octanol–water partition coefficient (Wildman–Crippen LogP) is 4.68. The van der Waals surface area contributed by atoms with Gasteiger partial charge in [0.1, 0.15) is 5.82 Å². The normalized spacial score (nSPS) is 11.1. The topological polar surface area (TPSA) is 88.2 Å². The third-order valence-corrected chi connectivity index (χ3v) is 6.07. The number of halogens is 2. The lowest BCUT2D eigenvalue weighted by atomic mass is 10.1. The maximum Gasteiger partial charge on any atom is 0.261 e. The fraction of sp³-hybridized carbons (Fsp3) is 0.100. The van der Waals surface area contributed by atoms with Crippen LogP contribution in [0.5, 0.6) is 0 Å². The van der Waals surface area contributed by atoms with Crippen LogP contribution in [-0.4, -0.2) is 19.3 Å². The summed E-state index contributed by atoms with van der Waals surface area (Å²) in [5, 5.41) is 3.15. The van der Waals surface area contributed by atoms with Gasteiger partial charge < -0.3 is 5.32 Å². The van der Waals surface area contributed by atoms with Gasteiger partial charge in [-0.15, -0.1) is 0 Å². The number of nitrogens with one attached hydrogen (secondary N) is 2. The zero-order valence-corrected chi connectivity index (χ0v) is 17.6. The average molecular weight is 450 g/mol. The van der Waals surface area contributed by atoms with E-state index in [9.17, 15) is 13.2 Å².